The average molecular weight is 422 g/mol. The van der Waals surface area contributed by atoms with E-state index in [2.05, 4.69) is 0 Å². The van der Waals surface area contributed by atoms with Crippen LogP contribution in [-0.4, -0.2) is 57.8 Å². The van der Waals surface area contributed by atoms with E-state index in [1.165, 1.54) is 18.9 Å². The van der Waals surface area contributed by atoms with E-state index < -0.39 is 0 Å². The van der Waals surface area contributed by atoms with E-state index in [-0.39, 0.29) is 17.1 Å². The van der Waals surface area contributed by atoms with Gasteiger partial charge in [-0.15, -0.1) is 11.8 Å². The van der Waals surface area contributed by atoms with E-state index in [1.807, 2.05) is 66.9 Å². The van der Waals surface area contributed by atoms with Crippen LogP contribution in [0.25, 0.3) is 11.3 Å². The number of amides is 1. The highest BCUT2D eigenvalue weighted by atomic mass is 32.2. The van der Waals surface area contributed by atoms with Gasteiger partial charge >= 0.3 is 5.97 Å². The summed E-state index contributed by atoms with van der Waals surface area (Å²) in [6.45, 7) is 1.51. The van der Waals surface area contributed by atoms with Gasteiger partial charge in [-0.25, -0.2) is 0 Å². The van der Waals surface area contributed by atoms with Gasteiger partial charge in [-0.3, -0.25) is 14.3 Å². The van der Waals surface area contributed by atoms with Crippen LogP contribution in [0.5, 0.6) is 0 Å². The highest BCUT2D eigenvalue weighted by Gasteiger charge is 2.32. The van der Waals surface area contributed by atoms with Gasteiger partial charge in [0.1, 0.15) is 10.9 Å². The minimum atomic E-state index is -0.354. The lowest BCUT2D eigenvalue weighted by Crippen LogP contribution is -2.45. The molecule has 0 aliphatic carbocycles. The SMILES string of the molecule is COC(=O)[C@@H]1CN(C(=O)c2cn(Cc3ccccc3)nc2-c2ccccc2)CCS1. The van der Waals surface area contributed by atoms with Crippen molar-refractivity contribution >= 4 is 23.6 Å². The molecule has 154 valence electrons. The van der Waals surface area contributed by atoms with Gasteiger partial charge in [0, 0.05) is 30.6 Å². The summed E-state index contributed by atoms with van der Waals surface area (Å²) in [5, 5.41) is 4.38. The van der Waals surface area contributed by atoms with Crippen molar-refractivity contribution in [2.75, 3.05) is 26.0 Å². The van der Waals surface area contributed by atoms with Crippen LogP contribution in [-0.2, 0) is 16.1 Å². The monoisotopic (exact) mass is 421 g/mol. The van der Waals surface area contributed by atoms with Crippen molar-refractivity contribution in [3.8, 4) is 11.3 Å². The number of ether oxygens (including phenoxy) is 1. The van der Waals surface area contributed by atoms with Gasteiger partial charge in [0.2, 0.25) is 0 Å². The van der Waals surface area contributed by atoms with E-state index in [4.69, 9.17) is 9.84 Å². The first-order valence-corrected chi connectivity index (χ1v) is 10.9. The van der Waals surface area contributed by atoms with E-state index in [0.717, 1.165) is 11.1 Å². The Labute approximate surface area is 179 Å². The average Bonchev–Trinajstić information content (AvgIpc) is 3.23. The van der Waals surface area contributed by atoms with Crippen molar-refractivity contribution in [2.24, 2.45) is 0 Å². The molecule has 0 N–H and O–H groups in total. The minimum absolute atomic E-state index is 0.109. The van der Waals surface area contributed by atoms with E-state index in [1.54, 1.807) is 9.58 Å². The first kappa shape index (κ1) is 20.2. The fourth-order valence-corrected chi connectivity index (χ4v) is 4.64. The molecule has 1 aliphatic rings. The normalized spacial score (nSPS) is 16.3. The zero-order chi connectivity index (χ0) is 20.9. The molecule has 0 spiro atoms. The molecule has 1 aliphatic heterocycles. The van der Waals surface area contributed by atoms with Gasteiger partial charge in [-0.05, 0) is 5.56 Å². The summed E-state index contributed by atoms with van der Waals surface area (Å²) in [5.41, 5.74) is 3.21. The molecule has 0 bridgehead atoms. The second-order valence-electron chi connectivity index (χ2n) is 7.07. The van der Waals surface area contributed by atoms with E-state index in [0.29, 0.717) is 36.6 Å². The van der Waals surface area contributed by atoms with Gasteiger partial charge < -0.3 is 9.64 Å². The summed E-state index contributed by atoms with van der Waals surface area (Å²) in [7, 11) is 1.38. The largest absolute Gasteiger partial charge is 0.468 e. The third-order valence-electron chi connectivity index (χ3n) is 5.04. The number of aromatic nitrogens is 2. The zero-order valence-corrected chi connectivity index (χ0v) is 17.5. The lowest BCUT2D eigenvalue weighted by atomic mass is 10.1. The van der Waals surface area contributed by atoms with Gasteiger partial charge in [0.05, 0.1) is 19.2 Å². The molecule has 2 aromatic carbocycles. The highest BCUT2D eigenvalue weighted by molar-refractivity contribution is 8.00. The van der Waals surface area contributed by atoms with Gasteiger partial charge in [-0.2, -0.15) is 5.10 Å². The number of benzene rings is 2. The number of nitrogens with zero attached hydrogens (tertiary/aromatic N) is 3. The van der Waals surface area contributed by atoms with Crippen molar-refractivity contribution in [1.29, 1.82) is 0 Å². The number of thioether (sulfide) groups is 1. The predicted octanol–water partition coefficient (Wildman–Crippen LogP) is 3.33. The molecular weight excluding hydrogens is 398 g/mol. The molecule has 1 atom stereocenters. The highest BCUT2D eigenvalue weighted by Crippen LogP contribution is 2.26. The van der Waals surface area contributed by atoms with Gasteiger partial charge in [0.15, 0.2) is 0 Å². The molecule has 0 saturated carbocycles. The Kier molecular flexibility index (Phi) is 6.18. The lowest BCUT2D eigenvalue weighted by Gasteiger charge is -2.30. The molecule has 4 rings (SSSR count). The Balaban J connectivity index is 1.65. The number of carbonyl (C=O) groups is 2. The summed E-state index contributed by atoms with van der Waals surface area (Å²) in [4.78, 5) is 27.1. The van der Waals surface area contributed by atoms with Crippen LogP contribution in [0.4, 0.5) is 0 Å². The Morgan fingerprint density at radius 1 is 1.10 bits per heavy atom. The topological polar surface area (TPSA) is 64.4 Å². The zero-order valence-electron chi connectivity index (χ0n) is 16.7. The molecule has 1 amide bonds. The quantitative estimate of drug-likeness (QED) is 0.592. The Hall–Kier alpha value is -3.06. The van der Waals surface area contributed by atoms with Crippen molar-refractivity contribution in [3.63, 3.8) is 0 Å². The summed E-state index contributed by atoms with van der Waals surface area (Å²) >= 11 is 1.53. The summed E-state index contributed by atoms with van der Waals surface area (Å²) in [5.74, 6) is 0.299. The smallest absolute Gasteiger partial charge is 0.320 e. The Morgan fingerprint density at radius 2 is 1.80 bits per heavy atom. The first-order chi connectivity index (χ1) is 14.7. The molecule has 3 aromatic rings. The van der Waals surface area contributed by atoms with Crippen LogP contribution >= 0.6 is 11.8 Å². The number of methoxy groups -OCH3 is 1. The molecule has 1 saturated heterocycles. The molecular formula is C23H23N3O3S. The molecule has 0 radical (unpaired) electrons. The van der Waals surface area contributed by atoms with Gasteiger partial charge in [-0.1, -0.05) is 60.7 Å². The molecule has 6 nitrogen and oxygen atoms in total. The second-order valence-corrected chi connectivity index (χ2v) is 8.38. The Bertz CT molecular complexity index is 1020. The van der Waals surface area contributed by atoms with Crippen LogP contribution in [0.2, 0.25) is 0 Å². The number of hydrogen-bond donors (Lipinski definition) is 0. The molecule has 30 heavy (non-hydrogen) atoms. The Morgan fingerprint density at radius 3 is 2.50 bits per heavy atom. The summed E-state index contributed by atoms with van der Waals surface area (Å²) in [6.07, 6.45) is 1.81. The van der Waals surface area contributed by atoms with Crippen LogP contribution in [0, 0.1) is 0 Å². The summed E-state index contributed by atoms with van der Waals surface area (Å²) < 4.78 is 6.68. The third-order valence-corrected chi connectivity index (χ3v) is 6.21. The third kappa shape index (κ3) is 4.41. The molecule has 7 heteroatoms. The van der Waals surface area contributed by atoms with Crippen molar-refractivity contribution in [3.05, 3.63) is 78.0 Å². The second kappa shape index (κ2) is 9.17. The molecule has 1 fully saturated rings. The van der Waals surface area contributed by atoms with Crippen LogP contribution < -0.4 is 0 Å². The maximum absolute atomic E-state index is 13.4. The molecule has 1 aromatic heterocycles. The summed E-state index contributed by atoms with van der Waals surface area (Å²) in [6, 6.07) is 19.7. The maximum Gasteiger partial charge on any atom is 0.320 e. The predicted molar refractivity (Wildman–Crippen MR) is 117 cm³/mol. The maximum atomic E-state index is 13.4. The molecule has 2 heterocycles. The molecule has 0 unspecified atom stereocenters. The van der Waals surface area contributed by atoms with Crippen molar-refractivity contribution < 1.29 is 14.3 Å². The van der Waals surface area contributed by atoms with Crippen molar-refractivity contribution in [1.82, 2.24) is 14.7 Å². The first-order valence-electron chi connectivity index (χ1n) is 9.81. The van der Waals surface area contributed by atoms with E-state index in [9.17, 15) is 9.59 Å². The van der Waals surface area contributed by atoms with Crippen LogP contribution in [0.15, 0.2) is 66.9 Å². The number of hydrogen-bond acceptors (Lipinski definition) is 5. The van der Waals surface area contributed by atoms with Crippen LogP contribution in [0.1, 0.15) is 15.9 Å². The fraction of sp³-hybridized carbons (Fsp3) is 0.261. The minimum Gasteiger partial charge on any atom is -0.468 e. The van der Waals surface area contributed by atoms with Crippen LogP contribution in [0.3, 0.4) is 0 Å². The number of carbonyl (C=O) groups excluding carboxylic acids is 2. The standard InChI is InChI=1S/C23H23N3O3S/c1-29-23(28)20-16-25(12-13-30-20)22(27)19-15-26(14-17-8-4-2-5-9-17)24-21(19)18-10-6-3-7-11-18/h2-11,15,20H,12-14,16H2,1H3/t20-/m0/s1. The van der Waals surface area contributed by atoms with Crippen molar-refractivity contribution in [2.45, 2.75) is 11.8 Å². The van der Waals surface area contributed by atoms with E-state index >= 15 is 0 Å². The number of esters is 1. The fourth-order valence-electron chi connectivity index (χ4n) is 3.52. The number of rotatable bonds is 5. The van der Waals surface area contributed by atoms with Gasteiger partial charge in [0.25, 0.3) is 5.91 Å². The lowest BCUT2D eigenvalue weighted by molar-refractivity contribution is -0.140.